The number of halogens is 1. The van der Waals surface area contributed by atoms with Gasteiger partial charge in [-0.2, -0.15) is 0 Å². The number of aromatic nitrogens is 3. The average molecular weight is 381 g/mol. The molecule has 1 aliphatic heterocycles. The lowest BCUT2D eigenvalue weighted by atomic mass is 10.0. The van der Waals surface area contributed by atoms with Gasteiger partial charge in [0.25, 0.3) is 5.91 Å². The number of nitrogens with zero attached hydrogens (tertiary/aromatic N) is 4. The Balaban J connectivity index is 1.78. The summed E-state index contributed by atoms with van der Waals surface area (Å²) < 4.78 is 1.72. The monoisotopic (exact) mass is 380 g/mol. The number of carbonyl (C=O) groups is 1. The van der Waals surface area contributed by atoms with Gasteiger partial charge in [0.1, 0.15) is 0 Å². The van der Waals surface area contributed by atoms with Crippen LogP contribution in [0.1, 0.15) is 36.8 Å². The van der Waals surface area contributed by atoms with Crippen molar-refractivity contribution in [3.05, 3.63) is 65.4 Å². The fourth-order valence-corrected chi connectivity index (χ4v) is 3.59. The van der Waals surface area contributed by atoms with Crippen LogP contribution in [-0.2, 0) is 0 Å². The molecule has 4 rings (SSSR count). The standard InChI is InChI=1S/C21H21ClN4O/c1-15-7-5-6-14-25(15)21(27)19-23-20(16-8-3-2-4-9-16)26(24-19)18-12-10-17(22)11-13-18/h2-4,8-13,15H,5-7,14H2,1H3. The van der Waals surface area contributed by atoms with E-state index in [0.29, 0.717) is 10.8 Å². The minimum Gasteiger partial charge on any atom is -0.333 e. The smallest absolute Gasteiger partial charge is 0.293 e. The second-order valence-corrected chi connectivity index (χ2v) is 7.29. The van der Waals surface area contributed by atoms with Crippen LogP contribution in [0.4, 0.5) is 0 Å². The minimum absolute atomic E-state index is 0.105. The molecule has 0 bridgehead atoms. The van der Waals surface area contributed by atoms with Gasteiger partial charge in [-0.05, 0) is 50.5 Å². The van der Waals surface area contributed by atoms with Gasteiger partial charge in [-0.15, -0.1) is 5.10 Å². The molecule has 27 heavy (non-hydrogen) atoms. The highest BCUT2D eigenvalue weighted by molar-refractivity contribution is 6.30. The molecule has 1 aliphatic rings. The second kappa shape index (κ2) is 7.53. The molecule has 0 saturated carbocycles. The number of likely N-dealkylation sites (tertiary alicyclic amines) is 1. The molecule has 6 heteroatoms. The minimum atomic E-state index is -0.105. The summed E-state index contributed by atoms with van der Waals surface area (Å²) in [6.07, 6.45) is 3.21. The third-order valence-corrected chi connectivity index (χ3v) is 5.22. The number of piperidine rings is 1. The number of amides is 1. The van der Waals surface area contributed by atoms with Gasteiger partial charge in [0, 0.05) is 23.2 Å². The van der Waals surface area contributed by atoms with E-state index >= 15 is 0 Å². The van der Waals surface area contributed by atoms with Crippen molar-refractivity contribution in [1.29, 1.82) is 0 Å². The molecule has 0 N–H and O–H groups in total. The van der Waals surface area contributed by atoms with E-state index in [0.717, 1.165) is 37.1 Å². The van der Waals surface area contributed by atoms with E-state index in [1.165, 1.54) is 0 Å². The molecule has 2 aromatic carbocycles. The zero-order chi connectivity index (χ0) is 18.8. The fourth-order valence-electron chi connectivity index (χ4n) is 3.47. The molecular weight excluding hydrogens is 360 g/mol. The third kappa shape index (κ3) is 3.60. The van der Waals surface area contributed by atoms with Gasteiger partial charge in [-0.25, -0.2) is 9.67 Å². The summed E-state index contributed by atoms with van der Waals surface area (Å²) in [6, 6.07) is 17.4. The highest BCUT2D eigenvalue weighted by Gasteiger charge is 2.28. The number of carbonyl (C=O) groups excluding carboxylic acids is 1. The molecule has 1 aromatic heterocycles. The SMILES string of the molecule is CC1CCCCN1C(=O)c1nc(-c2ccccc2)n(-c2ccc(Cl)cc2)n1. The Bertz CT molecular complexity index is 937. The maximum atomic E-state index is 13.1. The van der Waals surface area contributed by atoms with E-state index in [9.17, 15) is 4.79 Å². The van der Waals surface area contributed by atoms with E-state index in [4.69, 9.17) is 11.6 Å². The molecule has 0 radical (unpaired) electrons. The predicted molar refractivity (Wildman–Crippen MR) is 106 cm³/mol. The molecule has 3 aromatic rings. The van der Waals surface area contributed by atoms with Crippen LogP contribution in [0.15, 0.2) is 54.6 Å². The molecule has 138 valence electrons. The summed E-state index contributed by atoms with van der Waals surface area (Å²) in [5.74, 6) is 0.774. The summed E-state index contributed by atoms with van der Waals surface area (Å²) in [4.78, 5) is 19.6. The molecule has 1 saturated heterocycles. The van der Waals surface area contributed by atoms with Crippen molar-refractivity contribution in [2.45, 2.75) is 32.2 Å². The lowest BCUT2D eigenvalue weighted by Crippen LogP contribution is -2.42. The lowest BCUT2D eigenvalue weighted by molar-refractivity contribution is 0.0623. The van der Waals surface area contributed by atoms with Crippen molar-refractivity contribution < 1.29 is 4.79 Å². The number of hydrogen-bond acceptors (Lipinski definition) is 3. The molecule has 0 aliphatic carbocycles. The first-order valence-corrected chi connectivity index (χ1v) is 9.60. The highest BCUT2D eigenvalue weighted by Crippen LogP contribution is 2.24. The highest BCUT2D eigenvalue weighted by atomic mass is 35.5. The third-order valence-electron chi connectivity index (χ3n) is 4.97. The predicted octanol–water partition coefficient (Wildman–Crippen LogP) is 4.60. The Labute approximate surface area is 163 Å². The number of rotatable bonds is 3. The van der Waals surface area contributed by atoms with E-state index < -0.39 is 0 Å². The molecule has 1 unspecified atom stereocenters. The fraction of sp³-hybridized carbons (Fsp3) is 0.286. The molecule has 1 atom stereocenters. The summed E-state index contributed by atoms with van der Waals surface area (Å²) in [6.45, 7) is 2.85. The van der Waals surface area contributed by atoms with Crippen LogP contribution in [0.3, 0.4) is 0 Å². The molecule has 1 amide bonds. The Hall–Kier alpha value is -2.66. The summed E-state index contributed by atoms with van der Waals surface area (Å²) in [7, 11) is 0. The van der Waals surface area contributed by atoms with Crippen LogP contribution >= 0.6 is 11.6 Å². The average Bonchev–Trinajstić information content (AvgIpc) is 3.14. The van der Waals surface area contributed by atoms with Crippen LogP contribution < -0.4 is 0 Å². The van der Waals surface area contributed by atoms with Crippen LogP contribution in [-0.4, -0.2) is 38.2 Å². The topological polar surface area (TPSA) is 51.0 Å². The number of benzene rings is 2. The van der Waals surface area contributed by atoms with Gasteiger partial charge in [0.15, 0.2) is 5.82 Å². The first kappa shape index (κ1) is 17.7. The normalized spacial score (nSPS) is 17.1. The Morgan fingerprint density at radius 2 is 1.81 bits per heavy atom. The Kier molecular flexibility index (Phi) is 4.94. The zero-order valence-corrected chi connectivity index (χ0v) is 15.9. The van der Waals surface area contributed by atoms with Gasteiger partial charge in [0.2, 0.25) is 5.82 Å². The number of hydrogen-bond donors (Lipinski definition) is 0. The summed E-state index contributed by atoms with van der Waals surface area (Å²) >= 11 is 6.02. The van der Waals surface area contributed by atoms with E-state index in [1.54, 1.807) is 4.68 Å². The molecule has 0 spiro atoms. The van der Waals surface area contributed by atoms with Crippen molar-refractivity contribution in [3.8, 4) is 17.1 Å². The Morgan fingerprint density at radius 3 is 2.52 bits per heavy atom. The summed E-state index contributed by atoms with van der Waals surface area (Å²) in [5, 5.41) is 5.22. The van der Waals surface area contributed by atoms with Gasteiger partial charge in [0.05, 0.1) is 5.69 Å². The van der Waals surface area contributed by atoms with Gasteiger partial charge in [-0.3, -0.25) is 4.79 Å². The quantitative estimate of drug-likeness (QED) is 0.667. The van der Waals surface area contributed by atoms with Crippen molar-refractivity contribution in [3.63, 3.8) is 0 Å². The van der Waals surface area contributed by atoms with Crippen molar-refractivity contribution in [2.24, 2.45) is 0 Å². The van der Waals surface area contributed by atoms with E-state index in [1.807, 2.05) is 59.5 Å². The lowest BCUT2D eigenvalue weighted by Gasteiger charge is -2.32. The van der Waals surface area contributed by atoms with E-state index in [-0.39, 0.29) is 17.8 Å². The maximum Gasteiger partial charge on any atom is 0.293 e. The van der Waals surface area contributed by atoms with Gasteiger partial charge in [-0.1, -0.05) is 41.9 Å². The first-order valence-electron chi connectivity index (χ1n) is 9.23. The van der Waals surface area contributed by atoms with Crippen molar-refractivity contribution in [1.82, 2.24) is 19.7 Å². The van der Waals surface area contributed by atoms with Gasteiger partial charge >= 0.3 is 0 Å². The Morgan fingerprint density at radius 1 is 1.07 bits per heavy atom. The molecular formula is C21H21ClN4O. The maximum absolute atomic E-state index is 13.1. The van der Waals surface area contributed by atoms with Gasteiger partial charge < -0.3 is 4.90 Å². The second-order valence-electron chi connectivity index (χ2n) is 6.86. The van der Waals surface area contributed by atoms with Crippen molar-refractivity contribution in [2.75, 3.05) is 6.54 Å². The van der Waals surface area contributed by atoms with Crippen LogP contribution in [0.2, 0.25) is 5.02 Å². The zero-order valence-electron chi connectivity index (χ0n) is 15.2. The molecule has 1 fully saturated rings. The first-order chi connectivity index (χ1) is 13.1. The van der Waals surface area contributed by atoms with E-state index in [2.05, 4.69) is 17.0 Å². The summed E-state index contributed by atoms with van der Waals surface area (Å²) in [5.41, 5.74) is 1.72. The van der Waals surface area contributed by atoms with Crippen LogP contribution in [0.5, 0.6) is 0 Å². The molecule has 5 nitrogen and oxygen atoms in total. The van der Waals surface area contributed by atoms with Crippen LogP contribution in [0, 0.1) is 0 Å². The molecule has 2 heterocycles. The largest absolute Gasteiger partial charge is 0.333 e. The van der Waals surface area contributed by atoms with Crippen LogP contribution in [0.25, 0.3) is 17.1 Å². The van der Waals surface area contributed by atoms with Crippen molar-refractivity contribution >= 4 is 17.5 Å².